The van der Waals surface area contributed by atoms with Gasteiger partial charge in [0.2, 0.25) is 11.8 Å². The van der Waals surface area contributed by atoms with Crippen LogP contribution in [-0.2, 0) is 14.3 Å². The van der Waals surface area contributed by atoms with Crippen molar-refractivity contribution >= 4 is 11.8 Å². The summed E-state index contributed by atoms with van der Waals surface area (Å²) in [5, 5.41) is 3.02. The minimum atomic E-state index is -0.647. The lowest BCUT2D eigenvalue weighted by Crippen LogP contribution is -2.59. The van der Waals surface area contributed by atoms with Crippen molar-refractivity contribution in [3.05, 3.63) is 0 Å². The Morgan fingerprint density at radius 2 is 2.00 bits per heavy atom. The molecule has 1 aliphatic heterocycles. The molecule has 0 aromatic rings. The number of carbonyl (C=O) groups excluding carboxylic acids is 2. The summed E-state index contributed by atoms with van der Waals surface area (Å²) in [4.78, 5) is 26.8. The molecule has 0 aromatic heterocycles. The molecule has 1 spiro atoms. The molecule has 1 heterocycles. The van der Waals surface area contributed by atoms with Crippen molar-refractivity contribution in [1.29, 1.82) is 0 Å². The molecule has 1 saturated heterocycles. The smallest absolute Gasteiger partial charge is 0.248 e. The van der Waals surface area contributed by atoms with E-state index in [0.29, 0.717) is 26.2 Å². The van der Waals surface area contributed by atoms with Gasteiger partial charge in [0.25, 0.3) is 0 Å². The first-order chi connectivity index (χ1) is 9.59. The van der Waals surface area contributed by atoms with Crippen LogP contribution in [0.25, 0.3) is 0 Å². The number of carbonyl (C=O) groups is 2. The zero-order chi connectivity index (χ0) is 14.6. The third-order valence-electron chi connectivity index (χ3n) is 4.45. The third-order valence-corrected chi connectivity index (χ3v) is 4.45. The lowest BCUT2D eigenvalue weighted by atomic mass is 9.80. The fourth-order valence-corrected chi connectivity index (χ4v) is 3.35. The molecule has 2 fully saturated rings. The normalized spacial score (nSPS) is 26.5. The quantitative estimate of drug-likeness (QED) is 0.794. The van der Waals surface area contributed by atoms with Crippen molar-refractivity contribution in [3.8, 4) is 0 Å². The predicted molar refractivity (Wildman–Crippen MR) is 76.2 cm³/mol. The van der Waals surface area contributed by atoms with E-state index in [0.717, 1.165) is 32.1 Å². The third kappa shape index (κ3) is 3.14. The van der Waals surface area contributed by atoms with Crippen LogP contribution in [0.3, 0.4) is 0 Å². The van der Waals surface area contributed by atoms with Crippen LogP contribution in [0.4, 0.5) is 0 Å². The Hall–Kier alpha value is -1.10. The summed E-state index contributed by atoms with van der Waals surface area (Å²) in [6, 6.07) is -0.0516. The van der Waals surface area contributed by atoms with Gasteiger partial charge in [0, 0.05) is 25.6 Å². The van der Waals surface area contributed by atoms with E-state index in [2.05, 4.69) is 5.32 Å². The van der Waals surface area contributed by atoms with Gasteiger partial charge in [-0.2, -0.15) is 0 Å². The van der Waals surface area contributed by atoms with Crippen LogP contribution >= 0.6 is 0 Å². The maximum Gasteiger partial charge on any atom is 0.248 e. The van der Waals surface area contributed by atoms with Gasteiger partial charge in [0.05, 0.1) is 6.61 Å². The van der Waals surface area contributed by atoms with Crippen LogP contribution in [-0.4, -0.2) is 48.1 Å². The van der Waals surface area contributed by atoms with Crippen molar-refractivity contribution in [2.75, 3.05) is 19.8 Å². The summed E-state index contributed by atoms with van der Waals surface area (Å²) in [5.41, 5.74) is -0.647. The molecule has 2 amide bonds. The van der Waals surface area contributed by atoms with Gasteiger partial charge in [0.1, 0.15) is 5.54 Å². The van der Waals surface area contributed by atoms with E-state index in [9.17, 15) is 9.59 Å². The van der Waals surface area contributed by atoms with Crippen molar-refractivity contribution in [3.63, 3.8) is 0 Å². The van der Waals surface area contributed by atoms with E-state index in [1.165, 1.54) is 0 Å². The average molecular weight is 282 g/mol. The highest BCUT2D eigenvalue weighted by Gasteiger charge is 2.46. The summed E-state index contributed by atoms with van der Waals surface area (Å²) in [5.74, 6) is 0.0990. The van der Waals surface area contributed by atoms with E-state index < -0.39 is 5.54 Å². The summed E-state index contributed by atoms with van der Waals surface area (Å²) < 4.78 is 5.38. The first-order valence-corrected chi connectivity index (χ1v) is 7.79. The number of rotatable bonds is 4. The van der Waals surface area contributed by atoms with Crippen molar-refractivity contribution in [1.82, 2.24) is 10.2 Å². The van der Waals surface area contributed by atoms with Gasteiger partial charge in [-0.15, -0.1) is 0 Å². The average Bonchev–Trinajstić information content (AvgIpc) is 2.50. The number of nitrogens with zero attached hydrogens (tertiary/aromatic N) is 1. The highest BCUT2D eigenvalue weighted by Crippen LogP contribution is 2.32. The second-order valence-electron chi connectivity index (χ2n) is 5.94. The summed E-state index contributed by atoms with van der Waals surface area (Å²) in [6.07, 6.45) is 5.11. The molecular formula is C15H26N2O3. The maximum absolute atomic E-state index is 12.9. The number of hydrogen-bond donors (Lipinski definition) is 1. The predicted octanol–water partition coefficient (Wildman–Crippen LogP) is 1.46. The first kappa shape index (κ1) is 15.3. The fraction of sp³-hybridized carbons (Fsp3) is 0.867. The first-order valence-electron chi connectivity index (χ1n) is 7.79. The van der Waals surface area contributed by atoms with Crippen molar-refractivity contribution in [2.24, 2.45) is 0 Å². The van der Waals surface area contributed by atoms with Gasteiger partial charge in [-0.05, 0) is 26.7 Å². The molecule has 5 heteroatoms. The second-order valence-corrected chi connectivity index (χ2v) is 5.94. The lowest BCUT2D eigenvalue weighted by Gasteiger charge is -2.39. The molecule has 2 rings (SSSR count). The van der Waals surface area contributed by atoms with Crippen LogP contribution in [0.5, 0.6) is 0 Å². The standard InChI is InChI=1S/C15H26N2O3/c1-3-20-10-9-17-12(2)11-13(18)16-15(14(17)19)7-5-4-6-8-15/h12H,3-11H2,1-2H3,(H,16,18). The number of nitrogens with one attached hydrogen (secondary N) is 1. The van der Waals surface area contributed by atoms with Crippen LogP contribution in [0.1, 0.15) is 52.4 Å². The Kier molecular flexibility index (Phi) is 5.02. The maximum atomic E-state index is 12.9. The van der Waals surface area contributed by atoms with Gasteiger partial charge in [-0.1, -0.05) is 19.3 Å². The molecule has 5 nitrogen and oxygen atoms in total. The number of hydrogen-bond acceptors (Lipinski definition) is 3. The van der Waals surface area contributed by atoms with Crippen LogP contribution in [0, 0.1) is 0 Å². The molecule has 20 heavy (non-hydrogen) atoms. The molecule has 1 saturated carbocycles. The Balaban J connectivity index is 2.16. The number of amides is 2. The topological polar surface area (TPSA) is 58.6 Å². The zero-order valence-electron chi connectivity index (χ0n) is 12.6. The molecule has 1 aliphatic carbocycles. The largest absolute Gasteiger partial charge is 0.380 e. The minimum Gasteiger partial charge on any atom is -0.380 e. The van der Waals surface area contributed by atoms with Gasteiger partial charge in [-0.3, -0.25) is 9.59 Å². The lowest BCUT2D eigenvalue weighted by molar-refractivity contribution is -0.142. The second kappa shape index (κ2) is 6.57. The zero-order valence-corrected chi connectivity index (χ0v) is 12.6. The summed E-state index contributed by atoms with van der Waals surface area (Å²) in [7, 11) is 0. The Morgan fingerprint density at radius 1 is 1.30 bits per heavy atom. The fourth-order valence-electron chi connectivity index (χ4n) is 3.35. The molecule has 0 radical (unpaired) electrons. The Morgan fingerprint density at radius 3 is 2.65 bits per heavy atom. The van der Waals surface area contributed by atoms with E-state index in [1.54, 1.807) is 0 Å². The van der Waals surface area contributed by atoms with Crippen molar-refractivity contribution in [2.45, 2.75) is 64.0 Å². The highest BCUT2D eigenvalue weighted by molar-refractivity contribution is 5.94. The Labute approximate surface area is 121 Å². The van der Waals surface area contributed by atoms with Crippen LogP contribution in [0.15, 0.2) is 0 Å². The van der Waals surface area contributed by atoms with Gasteiger partial charge < -0.3 is 15.0 Å². The van der Waals surface area contributed by atoms with Gasteiger partial charge in [-0.25, -0.2) is 0 Å². The van der Waals surface area contributed by atoms with Crippen LogP contribution in [0.2, 0.25) is 0 Å². The molecule has 0 aromatic carbocycles. The van der Waals surface area contributed by atoms with Gasteiger partial charge in [0.15, 0.2) is 0 Å². The van der Waals surface area contributed by atoms with Crippen LogP contribution < -0.4 is 5.32 Å². The molecule has 1 unspecified atom stereocenters. The molecular weight excluding hydrogens is 256 g/mol. The summed E-state index contributed by atoms with van der Waals surface area (Å²) in [6.45, 7) is 5.66. The summed E-state index contributed by atoms with van der Waals surface area (Å²) >= 11 is 0. The monoisotopic (exact) mass is 282 g/mol. The minimum absolute atomic E-state index is 0.00617. The van der Waals surface area contributed by atoms with E-state index >= 15 is 0 Å². The Bertz CT molecular complexity index is 364. The van der Waals surface area contributed by atoms with E-state index in [4.69, 9.17) is 4.74 Å². The molecule has 114 valence electrons. The molecule has 1 N–H and O–H groups in total. The van der Waals surface area contributed by atoms with Gasteiger partial charge >= 0.3 is 0 Å². The number of ether oxygens (including phenoxy) is 1. The molecule has 0 bridgehead atoms. The molecule has 1 atom stereocenters. The molecule has 2 aliphatic rings. The highest BCUT2D eigenvalue weighted by atomic mass is 16.5. The van der Waals surface area contributed by atoms with E-state index in [-0.39, 0.29) is 17.9 Å². The SMILES string of the molecule is CCOCCN1C(=O)C2(CCCCC2)NC(=O)CC1C. The van der Waals surface area contributed by atoms with E-state index in [1.807, 2.05) is 18.7 Å². The van der Waals surface area contributed by atoms with Crippen molar-refractivity contribution < 1.29 is 14.3 Å².